The van der Waals surface area contributed by atoms with Gasteiger partial charge in [-0.1, -0.05) is 6.07 Å². The fraction of sp³-hybridized carbons (Fsp3) is 0.538. The Morgan fingerprint density at radius 2 is 2.19 bits per heavy atom. The van der Waals surface area contributed by atoms with Crippen molar-refractivity contribution in [2.24, 2.45) is 5.92 Å². The number of hydrogen-bond acceptors (Lipinski definition) is 2. The highest BCUT2D eigenvalue weighted by Crippen LogP contribution is 2.26. The van der Waals surface area contributed by atoms with Crippen molar-refractivity contribution in [2.45, 2.75) is 32.4 Å². The summed E-state index contributed by atoms with van der Waals surface area (Å²) in [6.45, 7) is 3.64. The van der Waals surface area contributed by atoms with Crippen molar-refractivity contribution in [3.63, 3.8) is 0 Å². The summed E-state index contributed by atoms with van der Waals surface area (Å²) >= 11 is 0. The van der Waals surface area contributed by atoms with Gasteiger partial charge < -0.3 is 10.4 Å². The lowest BCUT2D eigenvalue weighted by Crippen LogP contribution is -2.35. The molecule has 0 atom stereocenters. The maximum Gasteiger partial charge on any atom is 0.123 e. The van der Waals surface area contributed by atoms with Gasteiger partial charge in [0.05, 0.1) is 6.10 Å². The lowest BCUT2D eigenvalue weighted by molar-refractivity contribution is 0.0429. The minimum absolute atomic E-state index is 0.0839. The molecule has 0 aromatic heterocycles. The highest BCUT2D eigenvalue weighted by molar-refractivity contribution is 5.26. The molecule has 16 heavy (non-hydrogen) atoms. The monoisotopic (exact) mass is 223 g/mol. The van der Waals surface area contributed by atoms with Gasteiger partial charge in [-0.15, -0.1) is 0 Å². The maximum absolute atomic E-state index is 12.9. The molecule has 0 saturated heterocycles. The van der Waals surface area contributed by atoms with Crippen molar-refractivity contribution < 1.29 is 9.50 Å². The smallest absolute Gasteiger partial charge is 0.123 e. The molecule has 1 saturated carbocycles. The molecule has 3 heteroatoms. The van der Waals surface area contributed by atoms with Gasteiger partial charge >= 0.3 is 0 Å². The number of hydrogen-bond donors (Lipinski definition) is 2. The van der Waals surface area contributed by atoms with Crippen LogP contribution in [0.15, 0.2) is 18.2 Å². The molecule has 0 heterocycles. The van der Waals surface area contributed by atoms with Crippen LogP contribution in [0, 0.1) is 18.7 Å². The number of halogens is 1. The van der Waals surface area contributed by atoms with Crippen LogP contribution in [-0.4, -0.2) is 17.8 Å². The zero-order valence-electron chi connectivity index (χ0n) is 9.54. The zero-order chi connectivity index (χ0) is 11.5. The summed E-state index contributed by atoms with van der Waals surface area (Å²) in [7, 11) is 0. The van der Waals surface area contributed by atoms with Gasteiger partial charge in [-0.05, 0) is 55.5 Å². The van der Waals surface area contributed by atoms with Crippen molar-refractivity contribution in [1.82, 2.24) is 5.32 Å². The Morgan fingerprint density at radius 3 is 2.81 bits per heavy atom. The van der Waals surface area contributed by atoms with Gasteiger partial charge in [0.1, 0.15) is 5.82 Å². The fourth-order valence-electron chi connectivity index (χ4n) is 2.14. The molecule has 0 spiro atoms. The molecule has 1 aromatic rings. The highest BCUT2D eigenvalue weighted by atomic mass is 19.1. The average Bonchev–Trinajstić information content (AvgIpc) is 2.18. The third-order valence-electron chi connectivity index (χ3n) is 3.26. The van der Waals surface area contributed by atoms with Crippen LogP contribution in [0.2, 0.25) is 0 Å². The van der Waals surface area contributed by atoms with Crippen LogP contribution in [-0.2, 0) is 6.54 Å². The van der Waals surface area contributed by atoms with E-state index in [4.69, 9.17) is 5.11 Å². The molecule has 2 rings (SSSR count). The summed E-state index contributed by atoms with van der Waals surface area (Å²) in [4.78, 5) is 0. The molecule has 0 unspecified atom stereocenters. The predicted molar refractivity (Wildman–Crippen MR) is 61.6 cm³/mol. The van der Waals surface area contributed by atoms with Crippen molar-refractivity contribution >= 4 is 0 Å². The number of rotatable bonds is 4. The van der Waals surface area contributed by atoms with E-state index >= 15 is 0 Å². The average molecular weight is 223 g/mol. The lowest BCUT2D eigenvalue weighted by atomic mass is 9.82. The molecule has 1 aliphatic carbocycles. The van der Waals surface area contributed by atoms with Crippen molar-refractivity contribution in [3.8, 4) is 0 Å². The normalized spacial score (nSPS) is 24.2. The van der Waals surface area contributed by atoms with Gasteiger partial charge in [0.2, 0.25) is 0 Å². The maximum atomic E-state index is 12.9. The van der Waals surface area contributed by atoms with E-state index < -0.39 is 0 Å². The number of aliphatic hydroxyl groups excluding tert-OH is 1. The quantitative estimate of drug-likeness (QED) is 0.818. The Kier molecular flexibility index (Phi) is 3.56. The largest absolute Gasteiger partial charge is 0.393 e. The number of aryl methyl sites for hydroxylation is 1. The molecule has 1 aliphatic rings. The molecule has 0 aliphatic heterocycles. The van der Waals surface area contributed by atoms with E-state index in [2.05, 4.69) is 5.32 Å². The van der Waals surface area contributed by atoms with Crippen LogP contribution in [0.4, 0.5) is 4.39 Å². The molecule has 0 amide bonds. The second-order valence-corrected chi connectivity index (χ2v) is 4.69. The minimum Gasteiger partial charge on any atom is -0.393 e. The van der Waals surface area contributed by atoms with Crippen LogP contribution in [0.5, 0.6) is 0 Å². The van der Waals surface area contributed by atoms with Crippen LogP contribution in [0.25, 0.3) is 0 Å². The van der Waals surface area contributed by atoms with E-state index in [0.29, 0.717) is 5.92 Å². The third kappa shape index (κ3) is 2.80. The van der Waals surface area contributed by atoms with Crippen molar-refractivity contribution in [3.05, 3.63) is 35.1 Å². The Bertz CT molecular complexity index is 361. The SMILES string of the molecule is Cc1cc(F)ccc1CNCC1CC(O)C1. The third-order valence-corrected chi connectivity index (χ3v) is 3.26. The Hall–Kier alpha value is -0.930. The molecular formula is C13H18FNO. The summed E-state index contributed by atoms with van der Waals surface area (Å²) in [5.41, 5.74) is 2.13. The van der Waals surface area contributed by atoms with Gasteiger partial charge in [-0.25, -0.2) is 4.39 Å². The first kappa shape index (κ1) is 11.6. The van der Waals surface area contributed by atoms with E-state index in [1.165, 1.54) is 6.07 Å². The van der Waals surface area contributed by atoms with Crippen LogP contribution in [0.3, 0.4) is 0 Å². The standard InChI is InChI=1S/C13H18FNO/c1-9-4-12(14)3-2-11(9)8-15-7-10-5-13(16)6-10/h2-4,10,13,15-16H,5-8H2,1H3. The molecule has 88 valence electrons. The van der Waals surface area contributed by atoms with Crippen LogP contribution >= 0.6 is 0 Å². The molecule has 0 radical (unpaired) electrons. The Balaban J connectivity index is 1.76. The van der Waals surface area contributed by atoms with Gasteiger partial charge in [0.15, 0.2) is 0 Å². The van der Waals surface area contributed by atoms with E-state index in [1.807, 2.05) is 13.0 Å². The molecule has 1 fully saturated rings. The van der Waals surface area contributed by atoms with E-state index in [9.17, 15) is 4.39 Å². The number of benzene rings is 1. The fourth-order valence-corrected chi connectivity index (χ4v) is 2.14. The summed E-state index contributed by atoms with van der Waals surface area (Å²) in [5, 5.41) is 12.5. The van der Waals surface area contributed by atoms with E-state index in [-0.39, 0.29) is 11.9 Å². The molecule has 2 N–H and O–H groups in total. The molecule has 0 bridgehead atoms. The molecule has 1 aromatic carbocycles. The Labute approximate surface area is 95.5 Å². The first-order chi connectivity index (χ1) is 7.65. The van der Waals surface area contributed by atoms with E-state index in [0.717, 1.165) is 37.1 Å². The van der Waals surface area contributed by atoms with Gasteiger partial charge in [0.25, 0.3) is 0 Å². The topological polar surface area (TPSA) is 32.3 Å². The summed E-state index contributed by atoms with van der Waals surface area (Å²) in [6.07, 6.45) is 1.74. The second-order valence-electron chi connectivity index (χ2n) is 4.69. The summed E-state index contributed by atoms with van der Waals surface area (Å²) in [6, 6.07) is 4.88. The minimum atomic E-state index is -0.177. The zero-order valence-corrected chi connectivity index (χ0v) is 9.54. The van der Waals surface area contributed by atoms with Crippen LogP contribution in [0.1, 0.15) is 24.0 Å². The van der Waals surface area contributed by atoms with Crippen molar-refractivity contribution in [2.75, 3.05) is 6.54 Å². The summed E-state index contributed by atoms with van der Waals surface area (Å²) in [5.74, 6) is 0.430. The first-order valence-corrected chi connectivity index (χ1v) is 5.79. The van der Waals surface area contributed by atoms with Gasteiger partial charge in [-0.2, -0.15) is 0 Å². The predicted octanol–water partition coefficient (Wildman–Crippen LogP) is 1.99. The molecule has 2 nitrogen and oxygen atoms in total. The van der Waals surface area contributed by atoms with Crippen molar-refractivity contribution in [1.29, 1.82) is 0 Å². The van der Waals surface area contributed by atoms with Gasteiger partial charge in [-0.3, -0.25) is 0 Å². The number of aliphatic hydroxyl groups is 1. The molecular weight excluding hydrogens is 205 g/mol. The highest BCUT2D eigenvalue weighted by Gasteiger charge is 2.26. The summed E-state index contributed by atoms with van der Waals surface area (Å²) < 4.78 is 12.9. The first-order valence-electron chi connectivity index (χ1n) is 5.79. The lowest BCUT2D eigenvalue weighted by Gasteiger charge is -2.31. The van der Waals surface area contributed by atoms with E-state index in [1.54, 1.807) is 6.07 Å². The van der Waals surface area contributed by atoms with Crippen LogP contribution < -0.4 is 5.32 Å². The Morgan fingerprint density at radius 1 is 1.44 bits per heavy atom. The second kappa shape index (κ2) is 4.93. The van der Waals surface area contributed by atoms with Gasteiger partial charge in [0, 0.05) is 6.54 Å². The number of nitrogens with one attached hydrogen (secondary N) is 1.